The third kappa shape index (κ3) is 2.99. The minimum absolute atomic E-state index is 0.00852. The van der Waals surface area contributed by atoms with Crippen molar-refractivity contribution in [3.05, 3.63) is 33.0 Å². The molecule has 1 aromatic rings. The second-order valence-electron chi connectivity index (χ2n) is 4.65. The van der Waals surface area contributed by atoms with E-state index < -0.39 is 11.4 Å². The van der Waals surface area contributed by atoms with E-state index in [-0.39, 0.29) is 10.6 Å². The number of rotatable bonds is 4. The van der Waals surface area contributed by atoms with Crippen LogP contribution in [0.4, 0.5) is 4.39 Å². The molecule has 17 heavy (non-hydrogen) atoms. The minimum atomic E-state index is -1.25. The highest BCUT2D eigenvalue weighted by molar-refractivity contribution is 9.10. The van der Waals surface area contributed by atoms with Crippen LogP contribution in [0, 0.1) is 5.82 Å². The van der Waals surface area contributed by atoms with Gasteiger partial charge in [0.05, 0.1) is 5.02 Å². The normalized spacial score (nSPS) is 19.1. The Labute approximate surface area is 113 Å². The van der Waals surface area contributed by atoms with E-state index in [0.29, 0.717) is 17.1 Å². The average Bonchev–Trinajstić information content (AvgIpc) is 3.07. The van der Waals surface area contributed by atoms with Gasteiger partial charge >= 0.3 is 0 Å². The summed E-state index contributed by atoms with van der Waals surface area (Å²) in [6.45, 7) is 1.91. The highest BCUT2D eigenvalue weighted by Crippen LogP contribution is 2.33. The molecule has 1 fully saturated rings. The maximum absolute atomic E-state index is 13.9. The van der Waals surface area contributed by atoms with Crippen LogP contribution in [0.15, 0.2) is 16.6 Å². The van der Waals surface area contributed by atoms with Crippen molar-refractivity contribution in [3.8, 4) is 0 Å². The molecule has 0 amide bonds. The maximum Gasteiger partial charge on any atom is 0.149 e. The summed E-state index contributed by atoms with van der Waals surface area (Å²) in [5.74, 6) is -0.566. The lowest BCUT2D eigenvalue weighted by molar-refractivity contribution is 0.0528. The van der Waals surface area contributed by atoms with Crippen LogP contribution in [0.25, 0.3) is 0 Å². The molecule has 0 aliphatic heterocycles. The smallest absolute Gasteiger partial charge is 0.149 e. The predicted octanol–water partition coefficient (Wildman–Crippen LogP) is 3.20. The molecule has 1 aliphatic carbocycles. The predicted molar refractivity (Wildman–Crippen MR) is 69.7 cm³/mol. The maximum atomic E-state index is 13.9. The third-order valence-electron chi connectivity index (χ3n) is 2.93. The third-order valence-corrected chi connectivity index (χ3v) is 4.19. The highest BCUT2D eigenvalue weighted by Gasteiger charge is 2.31. The first-order chi connectivity index (χ1) is 7.92. The topological polar surface area (TPSA) is 32.3 Å². The van der Waals surface area contributed by atoms with Gasteiger partial charge in [0.1, 0.15) is 11.4 Å². The van der Waals surface area contributed by atoms with E-state index in [4.69, 9.17) is 11.6 Å². The van der Waals surface area contributed by atoms with Crippen molar-refractivity contribution in [1.82, 2.24) is 5.32 Å². The zero-order chi connectivity index (χ0) is 12.6. The van der Waals surface area contributed by atoms with Crippen LogP contribution in [0.2, 0.25) is 5.02 Å². The molecule has 0 bridgehead atoms. The van der Waals surface area contributed by atoms with Gasteiger partial charge < -0.3 is 10.4 Å². The lowest BCUT2D eigenvalue weighted by atomic mass is 9.95. The molecule has 1 aliphatic rings. The Balaban J connectivity index is 2.21. The first-order valence-electron chi connectivity index (χ1n) is 5.51. The van der Waals surface area contributed by atoms with Crippen molar-refractivity contribution in [1.29, 1.82) is 0 Å². The fraction of sp³-hybridized carbons (Fsp3) is 0.500. The Bertz CT molecular complexity index is 435. The second-order valence-corrected chi connectivity index (χ2v) is 5.88. The summed E-state index contributed by atoms with van der Waals surface area (Å²) in [5, 5.41) is 13.5. The molecule has 1 saturated carbocycles. The fourth-order valence-electron chi connectivity index (χ4n) is 1.67. The summed E-state index contributed by atoms with van der Waals surface area (Å²) in [6, 6.07) is 3.67. The van der Waals surface area contributed by atoms with Crippen molar-refractivity contribution in [2.24, 2.45) is 0 Å². The summed E-state index contributed by atoms with van der Waals surface area (Å²) in [6.07, 6.45) is 2.25. The first-order valence-corrected chi connectivity index (χ1v) is 6.68. The summed E-state index contributed by atoms with van der Waals surface area (Å²) in [7, 11) is 0. The number of hydrogen-bond acceptors (Lipinski definition) is 2. The molecule has 0 radical (unpaired) electrons. The van der Waals surface area contributed by atoms with Gasteiger partial charge in [-0.25, -0.2) is 4.39 Å². The molecule has 0 spiro atoms. The van der Waals surface area contributed by atoms with Crippen molar-refractivity contribution in [3.63, 3.8) is 0 Å². The summed E-state index contributed by atoms with van der Waals surface area (Å²) in [5.41, 5.74) is -1.03. The molecular formula is C12H14BrClFNO. The van der Waals surface area contributed by atoms with E-state index in [9.17, 15) is 9.50 Å². The summed E-state index contributed by atoms with van der Waals surface area (Å²) < 4.78 is 14.4. The average molecular weight is 323 g/mol. The Kier molecular flexibility index (Phi) is 3.78. The standard InChI is InChI=1S/C12H14BrClFNO/c1-12(17,6-16-7-2-3-7)8-4-5-9(13)10(14)11(8)15/h4-5,7,16-17H,2-3,6H2,1H3. The minimum Gasteiger partial charge on any atom is -0.384 e. The van der Waals surface area contributed by atoms with Gasteiger partial charge in [0.2, 0.25) is 0 Å². The lowest BCUT2D eigenvalue weighted by Crippen LogP contribution is -2.37. The van der Waals surface area contributed by atoms with Crippen molar-refractivity contribution >= 4 is 27.5 Å². The van der Waals surface area contributed by atoms with Gasteiger partial charge in [-0.15, -0.1) is 0 Å². The van der Waals surface area contributed by atoms with Crippen LogP contribution in [0.1, 0.15) is 25.3 Å². The van der Waals surface area contributed by atoms with E-state index >= 15 is 0 Å². The van der Waals surface area contributed by atoms with Gasteiger partial charge in [-0.3, -0.25) is 0 Å². The summed E-state index contributed by atoms with van der Waals surface area (Å²) in [4.78, 5) is 0. The van der Waals surface area contributed by atoms with Crippen LogP contribution in [0.3, 0.4) is 0 Å². The molecule has 5 heteroatoms. The molecule has 1 unspecified atom stereocenters. The number of benzene rings is 1. The van der Waals surface area contributed by atoms with Gasteiger partial charge in [0.25, 0.3) is 0 Å². The van der Waals surface area contributed by atoms with E-state index in [1.165, 1.54) is 0 Å². The zero-order valence-corrected chi connectivity index (χ0v) is 11.8. The lowest BCUT2D eigenvalue weighted by Gasteiger charge is -2.25. The van der Waals surface area contributed by atoms with Gasteiger partial charge in [-0.1, -0.05) is 17.7 Å². The number of halogens is 3. The molecule has 0 saturated heterocycles. The Hall–Kier alpha value is -0.160. The number of hydrogen-bond donors (Lipinski definition) is 2. The molecule has 0 aromatic heterocycles. The number of aliphatic hydroxyl groups is 1. The van der Waals surface area contributed by atoms with Crippen molar-refractivity contribution in [2.75, 3.05) is 6.54 Å². The van der Waals surface area contributed by atoms with Crippen LogP contribution < -0.4 is 5.32 Å². The first kappa shape index (κ1) is 13.3. The van der Waals surface area contributed by atoms with E-state index in [2.05, 4.69) is 21.2 Å². The second kappa shape index (κ2) is 4.84. The SMILES string of the molecule is CC(O)(CNC1CC1)c1ccc(Br)c(Cl)c1F. The fourth-order valence-corrected chi connectivity index (χ4v) is 2.14. The monoisotopic (exact) mass is 321 g/mol. The zero-order valence-electron chi connectivity index (χ0n) is 9.43. The Morgan fingerprint density at radius 3 is 2.82 bits per heavy atom. The van der Waals surface area contributed by atoms with E-state index in [1.807, 2.05) is 0 Å². The van der Waals surface area contributed by atoms with Crippen LogP contribution in [0.5, 0.6) is 0 Å². The molecule has 0 heterocycles. The van der Waals surface area contributed by atoms with Crippen LogP contribution in [-0.2, 0) is 5.60 Å². The van der Waals surface area contributed by atoms with Crippen molar-refractivity contribution in [2.45, 2.75) is 31.4 Å². The Morgan fingerprint density at radius 2 is 2.24 bits per heavy atom. The molecule has 1 atom stereocenters. The Morgan fingerprint density at radius 1 is 1.59 bits per heavy atom. The van der Waals surface area contributed by atoms with Crippen molar-refractivity contribution < 1.29 is 9.50 Å². The van der Waals surface area contributed by atoms with E-state index in [0.717, 1.165) is 12.8 Å². The van der Waals surface area contributed by atoms with Gasteiger partial charge in [-0.05, 0) is 41.8 Å². The largest absolute Gasteiger partial charge is 0.384 e. The quantitative estimate of drug-likeness (QED) is 0.834. The van der Waals surface area contributed by atoms with Crippen LogP contribution >= 0.6 is 27.5 Å². The van der Waals surface area contributed by atoms with E-state index in [1.54, 1.807) is 19.1 Å². The summed E-state index contributed by atoms with van der Waals surface area (Å²) >= 11 is 8.96. The molecule has 1 aromatic carbocycles. The molecule has 2 N–H and O–H groups in total. The van der Waals surface area contributed by atoms with Gasteiger partial charge in [0.15, 0.2) is 0 Å². The highest BCUT2D eigenvalue weighted by atomic mass is 79.9. The number of nitrogens with one attached hydrogen (secondary N) is 1. The molecule has 94 valence electrons. The van der Waals surface area contributed by atoms with Gasteiger partial charge in [0, 0.05) is 22.6 Å². The van der Waals surface area contributed by atoms with Gasteiger partial charge in [-0.2, -0.15) is 0 Å². The molecule has 2 rings (SSSR count). The van der Waals surface area contributed by atoms with Crippen LogP contribution in [-0.4, -0.2) is 17.7 Å². The molecule has 2 nitrogen and oxygen atoms in total. The molecular weight excluding hydrogens is 308 g/mol.